The maximum Gasteiger partial charge on any atom is 0.261 e. The highest BCUT2D eigenvalue weighted by Crippen LogP contribution is 2.25. The Labute approximate surface area is 136 Å². The number of benzene rings is 1. The van der Waals surface area contributed by atoms with Crippen molar-refractivity contribution in [3.05, 3.63) is 47.4 Å². The van der Waals surface area contributed by atoms with E-state index in [2.05, 4.69) is 10.3 Å². The fourth-order valence-corrected chi connectivity index (χ4v) is 2.59. The zero-order valence-electron chi connectivity index (χ0n) is 12.1. The van der Waals surface area contributed by atoms with E-state index in [0.29, 0.717) is 0 Å². The molecule has 0 spiro atoms. The Morgan fingerprint density at radius 1 is 1.30 bits per heavy atom. The molecule has 2 rings (SSSR count). The summed E-state index contributed by atoms with van der Waals surface area (Å²) >= 11 is 0. The molecule has 1 amide bonds. The lowest BCUT2D eigenvalue weighted by Gasteiger charge is -2.10. The number of hydrogen-bond donors (Lipinski definition) is 1. The Morgan fingerprint density at radius 2 is 2.00 bits per heavy atom. The second-order valence-electron chi connectivity index (χ2n) is 4.52. The molecular weight excluding hydrogens is 347 g/mol. The molecule has 0 saturated heterocycles. The Kier molecular flexibility index (Phi) is 4.86. The van der Waals surface area contributed by atoms with Crippen molar-refractivity contribution in [1.82, 2.24) is 4.98 Å². The van der Waals surface area contributed by atoms with Gasteiger partial charge in [-0.1, -0.05) is 0 Å². The minimum absolute atomic E-state index is 0.0435. The maximum absolute atomic E-state index is 13.2. The quantitative estimate of drug-likeness (QED) is 0.849. The highest BCUT2D eigenvalue weighted by atomic mass is 35.7. The number of carbonyl (C=O) groups excluding carboxylic acids is 1. The number of aryl methyl sites for hydroxylation is 1. The number of hydrogen-bond acceptors (Lipinski definition) is 5. The van der Waals surface area contributed by atoms with E-state index in [1.54, 1.807) is 0 Å². The van der Waals surface area contributed by atoms with Gasteiger partial charge in [-0.15, -0.1) is 0 Å². The molecule has 1 aromatic heterocycles. The fourth-order valence-electron chi connectivity index (χ4n) is 1.81. The Balaban J connectivity index is 2.39. The molecule has 1 N–H and O–H groups in total. The van der Waals surface area contributed by atoms with Crippen molar-refractivity contribution in [2.24, 2.45) is 0 Å². The van der Waals surface area contributed by atoms with E-state index in [4.69, 9.17) is 15.4 Å². The molecule has 122 valence electrons. The minimum Gasteiger partial charge on any atom is -0.496 e. The average Bonchev–Trinajstić information content (AvgIpc) is 2.49. The SMILES string of the molecule is COc1ccc(S(=O)(=O)Cl)cc1C(=O)Nc1ccc(F)c(C)n1. The molecule has 0 saturated carbocycles. The van der Waals surface area contributed by atoms with Crippen molar-refractivity contribution in [3.8, 4) is 5.75 Å². The molecule has 2 aromatic rings. The van der Waals surface area contributed by atoms with Crippen molar-refractivity contribution in [2.75, 3.05) is 12.4 Å². The Hall–Kier alpha value is -2.19. The first-order valence-corrected chi connectivity index (χ1v) is 8.60. The fraction of sp³-hybridized carbons (Fsp3) is 0.143. The lowest BCUT2D eigenvalue weighted by Crippen LogP contribution is -2.15. The van der Waals surface area contributed by atoms with Crippen LogP contribution in [-0.4, -0.2) is 26.4 Å². The van der Waals surface area contributed by atoms with Crippen LogP contribution in [0, 0.1) is 12.7 Å². The van der Waals surface area contributed by atoms with Gasteiger partial charge in [0.2, 0.25) is 0 Å². The standard InChI is InChI=1S/C14H12ClFN2O4S/c1-8-11(16)4-6-13(17-8)18-14(19)10-7-9(23(15,20)21)3-5-12(10)22-2/h3-7H,1-2H3,(H,17,18,19). The summed E-state index contributed by atoms with van der Waals surface area (Å²) in [6.45, 7) is 1.45. The van der Waals surface area contributed by atoms with Crippen LogP contribution in [0.5, 0.6) is 5.75 Å². The molecule has 0 aliphatic carbocycles. The normalized spacial score (nSPS) is 11.1. The number of carbonyl (C=O) groups is 1. The van der Waals surface area contributed by atoms with Gasteiger partial charge >= 0.3 is 0 Å². The largest absolute Gasteiger partial charge is 0.496 e. The van der Waals surface area contributed by atoms with Gasteiger partial charge in [-0.25, -0.2) is 17.8 Å². The first-order chi connectivity index (χ1) is 10.7. The van der Waals surface area contributed by atoms with Crippen LogP contribution in [-0.2, 0) is 9.05 Å². The minimum atomic E-state index is -4.00. The molecule has 0 fully saturated rings. The van der Waals surface area contributed by atoms with Crippen LogP contribution in [0.1, 0.15) is 16.1 Å². The molecule has 1 heterocycles. The van der Waals surface area contributed by atoms with Crippen molar-refractivity contribution >= 4 is 31.5 Å². The highest BCUT2D eigenvalue weighted by Gasteiger charge is 2.18. The molecule has 23 heavy (non-hydrogen) atoms. The van der Waals surface area contributed by atoms with Gasteiger partial charge in [0.1, 0.15) is 17.4 Å². The topological polar surface area (TPSA) is 85.4 Å². The summed E-state index contributed by atoms with van der Waals surface area (Å²) in [5, 5.41) is 2.45. The van der Waals surface area contributed by atoms with Crippen LogP contribution < -0.4 is 10.1 Å². The smallest absolute Gasteiger partial charge is 0.261 e. The molecule has 0 aliphatic heterocycles. The Morgan fingerprint density at radius 3 is 2.57 bits per heavy atom. The van der Waals surface area contributed by atoms with Crippen molar-refractivity contribution in [1.29, 1.82) is 0 Å². The molecular formula is C14H12ClFN2O4S. The van der Waals surface area contributed by atoms with Crippen LogP contribution in [0.15, 0.2) is 35.2 Å². The predicted molar refractivity (Wildman–Crippen MR) is 82.9 cm³/mol. The van der Waals surface area contributed by atoms with Crippen LogP contribution in [0.2, 0.25) is 0 Å². The van der Waals surface area contributed by atoms with Crippen LogP contribution in [0.3, 0.4) is 0 Å². The lowest BCUT2D eigenvalue weighted by molar-refractivity contribution is 0.102. The van der Waals surface area contributed by atoms with Crippen LogP contribution in [0.4, 0.5) is 10.2 Å². The number of ether oxygens (including phenoxy) is 1. The van der Waals surface area contributed by atoms with Gasteiger partial charge in [0.15, 0.2) is 0 Å². The van der Waals surface area contributed by atoms with Crippen LogP contribution >= 0.6 is 10.7 Å². The molecule has 6 nitrogen and oxygen atoms in total. The van der Waals surface area contributed by atoms with E-state index in [0.717, 1.165) is 12.1 Å². The number of pyridine rings is 1. The zero-order chi connectivity index (χ0) is 17.2. The highest BCUT2D eigenvalue weighted by molar-refractivity contribution is 8.13. The van der Waals surface area contributed by atoms with E-state index < -0.39 is 20.8 Å². The van der Waals surface area contributed by atoms with Crippen LogP contribution in [0.25, 0.3) is 0 Å². The number of rotatable bonds is 4. The van der Waals surface area contributed by atoms with Gasteiger partial charge in [-0.05, 0) is 37.3 Å². The van der Waals surface area contributed by atoms with Gasteiger partial charge in [-0.2, -0.15) is 0 Å². The molecule has 0 aliphatic rings. The summed E-state index contributed by atoms with van der Waals surface area (Å²) in [7, 11) is 2.61. The third-order valence-electron chi connectivity index (χ3n) is 2.96. The number of halogens is 2. The van der Waals surface area contributed by atoms with E-state index in [1.165, 1.54) is 32.2 Å². The second kappa shape index (κ2) is 6.51. The summed E-state index contributed by atoms with van der Waals surface area (Å²) in [4.78, 5) is 15.9. The number of methoxy groups -OCH3 is 1. The van der Waals surface area contributed by atoms with Crippen molar-refractivity contribution in [2.45, 2.75) is 11.8 Å². The van der Waals surface area contributed by atoms with E-state index in [-0.39, 0.29) is 27.7 Å². The van der Waals surface area contributed by atoms with Crippen molar-refractivity contribution in [3.63, 3.8) is 0 Å². The second-order valence-corrected chi connectivity index (χ2v) is 7.08. The first-order valence-electron chi connectivity index (χ1n) is 6.29. The number of nitrogens with zero attached hydrogens (tertiary/aromatic N) is 1. The molecule has 0 radical (unpaired) electrons. The van der Waals surface area contributed by atoms with Gasteiger partial charge in [0, 0.05) is 10.7 Å². The number of nitrogens with one attached hydrogen (secondary N) is 1. The van der Waals surface area contributed by atoms with E-state index in [1.807, 2.05) is 0 Å². The first kappa shape index (κ1) is 17.2. The third kappa shape index (κ3) is 3.96. The van der Waals surface area contributed by atoms with Gasteiger partial charge in [-0.3, -0.25) is 4.79 Å². The van der Waals surface area contributed by atoms with Gasteiger partial charge in [0.05, 0.1) is 23.3 Å². The predicted octanol–water partition coefficient (Wildman–Crippen LogP) is 2.72. The lowest BCUT2D eigenvalue weighted by atomic mass is 10.2. The van der Waals surface area contributed by atoms with Gasteiger partial charge < -0.3 is 10.1 Å². The van der Waals surface area contributed by atoms with E-state index in [9.17, 15) is 17.6 Å². The molecule has 0 bridgehead atoms. The zero-order valence-corrected chi connectivity index (χ0v) is 13.7. The molecule has 0 atom stereocenters. The van der Waals surface area contributed by atoms with Crippen molar-refractivity contribution < 1.29 is 22.3 Å². The number of aromatic nitrogens is 1. The van der Waals surface area contributed by atoms with Gasteiger partial charge in [0.25, 0.3) is 15.0 Å². The summed E-state index contributed by atoms with van der Waals surface area (Å²) in [5.41, 5.74) is 0.0739. The monoisotopic (exact) mass is 358 g/mol. The number of anilines is 1. The summed E-state index contributed by atoms with van der Waals surface area (Å²) in [6.07, 6.45) is 0. The van der Waals surface area contributed by atoms with E-state index >= 15 is 0 Å². The summed E-state index contributed by atoms with van der Waals surface area (Å²) < 4.78 is 41.0. The molecule has 9 heteroatoms. The maximum atomic E-state index is 13.2. The molecule has 0 unspecified atom stereocenters. The summed E-state index contributed by atoms with van der Waals surface area (Å²) in [6, 6.07) is 6.07. The summed E-state index contributed by atoms with van der Waals surface area (Å²) in [5.74, 6) is -0.890. The number of amides is 1. The Bertz CT molecular complexity index is 871. The third-order valence-corrected chi connectivity index (χ3v) is 4.31. The molecule has 1 aromatic carbocycles. The average molecular weight is 359 g/mol.